The van der Waals surface area contributed by atoms with Gasteiger partial charge in [0.15, 0.2) is 0 Å². The molecule has 2 nitrogen and oxygen atoms in total. The third-order valence-corrected chi connectivity index (χ3v) is 1.05. The van der Waals surface area contributed by atoms with Crippen LogP contribution in [0.15, 0.2) is 22.4 Å². The van der Waals surface area contributed by atoms with Gasteiger partial charge in [0.05, 0.1) is 0 Å². The summed E-state index contributed by atoms with van der Waals surface area (Å²) in [5.74, 6) is 0. The molecule has 0 fully saturated rings. The van der Waals surface area contributed by atoms with Crippen LogP contribution in [-0.2, 0) is 0 Å². The monoisotopic (exact) mass is 122 g/mol. The zero-order valence-electron chi connectivity index (χ0n) is 5.70. The summed E-state index contributed by atoms with van der Waals surface area (Å²) in [6, 6.07) is 0. The van der Waals surface area contributed by atoms with Crippen LogP contribution < -0.4 is 0 Å². The molecule has 2 heteroatoms. The predicted octanol–water partition coefficient (Wildman–Crippen LogP) is 1.64. The van der Waals surface area contributed by atoms with E-state index in [1.165, 1.54) is 0 Å². The molecule has 9 heavy (non-hydrogen) atoms. The molecule has 0 atom stereocenters. The Labute approximate surface area is 55.0 Å². The van der Waals surface area contributed by atoms with Crippen LogP contribution in [0.25, 0.3) is 0 Å². The lowest BCUT2D eigenvalue weighted by atomic mass is 9.98. The van der Waals surface area contributed by atoms with Crippen LogP contribution in [-0.4, -0.2) is 12.4 Å². The number of hydrogen-bond acceptors (Lipinski definition) is 2. The highest BCUT2D eigenvalue weighted by atomic mass is 14.8. The van der Waals surface area contributed by atoms with Crippen molar-refractivity contribution in [1.82, 2.24) is 0 Å². The van der Waals surface area contributed by atoms with Gasteiger partial charge in [0.2, 0.25) is 0 Å². The lowest BCUT2D eigenvalue weighted by molar-refractivity contribution is 0.767. The molecule has 1 aliphatic rings. The fraction of sp³-hybridized carbons (Fsp3) is 0.429. The summed E-state index contributed by atoms with van der Waals surface area (Å²) in [4.78, 5) is 7.99. The molecule has 0 aromatic heterocycles. The third-order valence-electron chi connectivity index (χ3n) is 1.05. The van der Waals surface area contributed by atoms with E-state index in [0.29, 0.717) is 0 Å². The van der Waals surface area contributed by atoms with E-state index in [0.717, 1.165) is 0 Å². The third kappa shape index (κ3) is 1.80. The first kappa shape index (κ1) is 6.20. The van der Waals surface area contributed by atoms with Gasteiger partial charge in [-0.2, -0.15) is 0 Å². The summed E-state index contributed by atoms with van der Waals surface area (Å²) in [7, 11) is 0. The Hall–Kier alpha value is -0.920. The van der Waals surface area contributed by atoms with E-state index in [-0.39, 0.29) is 5.41 Å². The molecule has 0 bridgehead atoms. The van der Waals surface area contributed by atoms with Gasteiger partial charge in [-0.15, -0.1) is 0 Å². The molecule has 0 N–H and O–H groups in total. The molecule has 0 aromatic carbocycles. The van der Waals surface area contributed by atoms with Crippen molar-refractivity contribution >= 4 is 12.4 Å². The average molecular weight is 122 g/mol. The number of aliphatic imine (C=N–C) groups is 2. The second-order valence-electron chi connectivity index (χ2n) is 2.68. The van der Waals surface area contributed by atoms with Crippen molar-refractivity contribution in [3.05, 3.63) is 12.4 Å². The number of hydrogen-bond donors (Lipinski definition) is 0. The highest BCUT2D eigenvalue weighted by Gasteiger charge is 2.10. The van der Waals surface area contributed by atoms with Gasteiger partial charge in [-0.3, -0.25) is 9.98 Å². The van der Waals surface area contributed by atoms with E-state index in [2.05, 4.69) is 23.8 Å². The van der Waals surface area contributed by atoms with Gasteiger partial charge in [-0.1, -0.05) is 0 Å². The maximum absolute atomic E-state index is 3.99. The van der Waals surface area contributed by atoms with Gasteiger partial charge in [-0.05, 0) is 13.8 Å². The molecule has 0 spiro atoms. The molecule has 0 saturated heterocycles. The second-order valence-corrected chi connectivity index (χ2v) is 2.68. The van der Waals surface area contributed by atoms with Crippen molar-refractivity contribution in [3.63, 3.8) is 0 Å². The molecular weight excluding hydrogens is 112 g/mol. The van der Waals surface area contributed by atoms with Crippen molar-refractivity contribution in [2.75, 3.05) is 0 Å². The summed E-state index contributed by atoms with van der Waals surface area (Å²) < 4.78 is 0. The summed E-state index contributed by atoms with van der Waals surface area (Å²) in [6.07, 6.45) is 7.12. The van der Waals surface area contributed by atoms with Gasteiger partial charge in [0.1, 0.15) is 0 Å². The summed E-state index contributed by atoms with van der Waals surface area (Å²) >= 11 is 0. The number of nitrogens with zero attached hydrogens (tertiary/aromatic N) is 2. The largest absolute Gasteiger partial charge is 0.267 e. The standard InChI is InChI=1S/C7H10N2/c1-7(2)5-8-3-4-9-6-7/h3-6H,1-2H3. The zero-order chi connectivity index (χ0) is 6.74. The van der Waals surface area contributed by atoms with Crippen molar-refractivity contribution in [3.8, 4) is 0 Å². The van der Waals surface area contributed by atoms with Crippen molar-refractivity contribution in [1.29, 1.82) is 0 Å². The summed E-state index contributed by atoms with van der Waals surface area (Å²) in [6.45, 7) is 4.12. The average Bonchev–Trinajstić information content (AvgIpc) is 1.92. The van der Waals surface area contributed by atoms with Crippen molar-refractivity contribution < 1.29 is 0 Å². The Balaban J connectivity index is 2.82. The SMILES string of the molecule is CC1(C)C=NC=CN=C1. The molecule has 48 valence electrons. The molecular formula is C7H10N2. The Kier molecular flexibility index (Phi) is 1.47. The van der Waals surface area contributed by atoms with Crippen LogP contribution in [0.2, 0.25) is 0 Å². The highest BCUT2D eigenvalue weighted by Crippen LogP contribution is 2.09. The molecule has 1 heterocycles. The van der Waals surface area contributed by atoms with E-state index < -0.39 is 0 Å². The Morgan fingerprint density at radius 1 is 1.00 bits per heavy atom. The first-order valence-corrected chi connectivity index (χ1v) is 2.94. The zero-order valence-corrected chi connectivity index (χ0v) is 5.70. The Morgan fingerprint density at radius 3 is 1.89 bits per heavy atom. The van der Waals surface area contributed by atoms with Crippen LogP contribution in [0.3, 0.4) is 0 Å². The van der Waals surface area contributed by atoms with E-state index in [1.54, 1.807) is 12.4 Å². The minimum Gasteiger partial charge on any atom is -0.267 e. The van der Waals surface area contributed by atoms with E-state index in [4.69, 9.17) is 0 Å². The normalized spacial score (nSPS) is 22.0. The van der Waals surface area contributed by atoms with E-state index >= 15 is 0 Å². The molecule has 0 saturated carbocycles. The molecule has 1 rings (SSSR count). The quantitative estimate of drug-likeness (QED) is 0.466. The van der Waals surface area contributed by atoms with Crippen LogP contribution in [0.5, 0.6) is 0 Å². The first-order chi connectivity index (χ1) is 4.21. The van der Waals surface area contributed by atoms with Crippen molar-refractivity contribution in [2.45, 2.75) is 13.8 Å². The smallest absolute Gasteiger partial charge is 0.0447 e. The molecule has 0 aromatic rings. The fourth-order valence-electron chi connectivity index (χ4n) is 0.581. The second kappa shape index (κ2) is 2.13. The molecule has 0 unspecified atom stereocenters. The minimum absolute atomic E-state index is 0.0174. The lowest BCUT2D eigenvalue weighted by Crippen LogP contribution is -2.13. The van der Waals surface area contributed by atoms with E-state index in [9.17, 15) is 0 Å². The maximum atomic E-state index is 3.99. The van der Waals surface area contributed by atoms with Gasteiger partial charge in [0, 0.05) is 30.2 Å². The molecule has 1 aliphatic heterocycles. The Bertz CT molecular complexity index is 157. The topological polar surface area (TPSA) is 24.7 Å². The predicted molar refractivity (Wildman–Crippen MR) is 39.9 cm³/mol. The first-order valence-electron chi connectivity index (χ1n) is 2.94. The van der Waals surface area contributed by atoms with Gasteiger partial charge in [0.25, 0.3) is 0 Å². The van der Waals surface area contributed by atoms with Gasteiger partial charge < -0.3 is 0 Å². The molecule has 0 aliphatic carbocycles. The van der Waals surface area contributed by atoms with Gasteiger partial charge >= 0.3 is 0 Å². The number of rotatable bonds is 0. The highest BCUT2D eigenvalue weighted by molar-refractivity contribution is 5.89. The minimum atomic E-state index is 0.0174. The molecule has 0 amide bonds. The van der Waals surface area contributed by atoms with Crippen LogP contribution in [0.4, 0.5) is 0 Å². The molecule has 0 radical (unpaired) electrons. The van der Waals surface area contributed by atoms with Crippen LogP contribution in [0, 0.1) is 5.41 Å². The summed E-state index contributed by atoms with van der Waals surface area (Å²) in [5, 5.41) is 0. The van der Waals surface area contributed by atoms with Crippen LogP contribution >= 0.6 is 0 Å². The van der Waals surface area contributed by atoms with E-state index in [1.807, 2.05) is 12.4 Å². The fourth-order valence-corrected chi connectivity index (χ4v) is 0.581. The summed E-state index contributed by atoms with van der Waals surface area (Å²) in [5.41, 5.74) is 0.0174. The maximum Gasteiger partial charge on any atom is 0.0447 e. The van der Waals surface area contributed by atoms with Crippen molar-refractivity contribution in [2.24, 2.45) is 15.4 Å². The Morgan fingerprint density at radius 2 is 1.44 bits per heavy atom. The van der Waals surface area contributed by atoms with Gasteiger partial charge in [-0.25, -0.2) is 0 Å². The van der Waals surface area contributed by atoms with Crippen LogP contribution in [0.1, 0.15) is 13.8 Å². The lowest BCUT2D eigenvalue weighted by Gasteiger charge is -2.08.